The van der Waals surface area contributed by atoms with Crippen LogP contribution in [0, 0.1) is 17.3 Å². The van der Waals surface area contributed by atoms with Gasteiger partial charge in [-0.3, -0.25) is 9.69 Å². The number of aromatic nitrogens is 1. The number of rotatable bonds is 3. The number of carbonyl (C=O) groups is 1. The average Bonchev–Trinajstić information content (AvgIpc) is 2.93. The lowest BCUT2D eigenvalue weighted by atomic mass is 9.56. The summed E-state index contributed by atoms with van der Waals surface area (Å²) in [4.78, 5) is 19.2. The summed E-state index contributed by atoms with van der Waals surface area (Å²) in [5.41, 5.74) is 3.17. The number of nitrogens with one attached hydrogen (secondary N) is 1. The van der Waals surface area contributed by atoms with Crippen molar-refractivity contribution in [3.05, 3.63) is 35.5 Å². The number of carbonyl (C=O) groups excluding carboxylic acids is 1. The van der Waals surface area contributed by atoms with Crippen molar-refractivity contribution in [3.8, 4) is 0 Å². The van der Waals surface area contributed by atoms with Gasteiger partial charge in [-0.05, 0) is 42.7 Å². The average molecular weight is 354 g/mol. The Morgan fingerprint density at radius 1 is 1.42 bits per heavy atom. The highest BCUT2D eigenvalue weighted by Crippen LogP contribution is 2.55. The molecule has 5 nitrogen and oxygen atoms in total. The summed E-state index contributed by atoms with van der Waals surface area (Å²) in [6.07, 6.45) is 3.50. The summed E-state index contributed by atoms with van der Waals surface area (Å²) in [5.74, 6) is 0.791. The number of H-pyrrole nitrogens is 1. The summed E-state index contributed by atoms with van der Waals surface area (Å²) < 4.78 is 5.35. The second kappa shape index (κ2) is 5.83. The number of aromatic amines is 1. The first-order valence-corrected chi connectivity index (χ1v) is 9.68. The van der Waals surface area contributed by atoms with Crippen molar-refractivity contribution in [1.29, 1.82) is 0 Å². The molecule has 4 heterocycles. The number of hydrogen-bond donors (Lipinski definition) is 2. The lowest BCUT2D eigenvalue weighted by Crippen LogP contribution is -2.65. The molecule has 5 heteroatoms. The molecule has 0 spiro atoms. The Morgan fingerprint density at radius 2 is 2.27 bits per heavy atom. The first kappa shape index (κ1) is 16.3. The van der Waals surface area contributed by atoms with Gasteiger partial charge in [0.2, 0.25) is 0 Å². The third kappa shape index (κ3) is 2.13. The maximum atomic E-state index is 13.1. The quantitative estimate of drug-likeness (QED) is 0.831. The van der Waals surface area contributed by atoms with E-state index in [2.05, 4.69) is 34.1 Å². The van der Waals surface area contributed by atoms with E-state index in [1.807, 2.05) is 0 Å². The molecule has 0 amide bonds. The van der Waals surface area contributed by atoms with Gasteiger partial charge in [0.1, 0.15) is 0 Å². The minimum absolute atomic E-state index is 0.0775. The van der Waals surface area contributed by atoms with Crippen LogP contribution in [-0.2, 0) is 22.5 Å². The van der Waals surface area contributed by atoms with Gasteiger partial charge >= 0.3 is 5.97 Å². The summed E-state index contributed by atoms with van der Waals surface area (Å²) in [6, 6.07) is 8.58. The van der Waals surface area contributed by atoms with E-state index in [1.165, 1.54) is 23.8 Å². The Balaban J connectivity index is 1.67. The minimum atomic E-state index is -0.498. The highest BCUT2D eigenvalue weighted by atomic mass is 16.5. The number of nitrogens with zero attached hydrogens (tertiary/aromatic N) is 1. The van der Waals surface area contributed by atoms with E-state index in [1.54, 1.807) is 0 Å². The third-order valence-corrected chi connectivity index (χ3v) is 7.04. The van der Waals surface area contributed by atoms with Crippen LogP contribution in [0.4, 0.5) is 0 Å². The van der Waals surface area contributed by atoms with Gasteiger partial charge in [0.05, 0.1) is 12.5 Å². The monoisotopic (exact) mass is 354 g/mol. The summed E-state index contributed by atoms with van der Waals surface area (Å²) in [5, 5.41) is 10.9. The molecule has 0 radical (unpaired) electrons. The molecule has 5 atom stereocenters. The molecular formula is C21H26N2O3. The van der Waals surface area contributed by atoms with Gasteiger partial charge in [0.25, 0.3) is 0 Å². The van der Waals surface area contributed by atoms with Crippen LogP contribution in [0.1, 0.15) is 30.5 Å². The van der Waals surface area contributed by atoms with Gasteiger partial charge < -0.3 is 14.8 Å². The van der Waals surface area contributed by atoms with Crippen molar-refractivity contribution in [1.82, 2.24) is 9.88 Å². The fraction of sp³-hybridized carbons (Fsp3) is 0.571. The first-order valence-electron chi connectivity index (χ1n) is 9.68. The smallest absolute Gasteiger partial charge is 0.313 e. The zero-order valence-corrected chi connectivity index (χ0v) is 15.2. The second-order valence-electron chi connectivity index (χ2n) is 8.40. The molecule has 26 heavy (non-hydrogen) atoms. The third-order valence-electron chi connectivity index (χ3n) is 7.04. The Bertz CT molecular complexity index is 860. The van der Waals surface area contributed by atoms with Crippen molar-refractivity contribution in [3.63, 3.8) is 0 Å². The number of aliphatic hydroxyl groups is 1. The van der Waals surface area contributed by atoms with E-state index < -0.39 is 5.41 Å². The number of methoxy groups -OCH3 is 1. The molecule has 1 aliphatic carbocycles. The summed E-state index contributed by atoms with van der Waals surface area (Å²) >= 11 is 0. The molecule has 2 unspecified atom stereocenters. The molecule has 1 aromatic heterocycles. The molecule has 6 rings (SSSR count). The zero-order chi connectivity index (χ0) is 17.9. The predicted molar refractivity (Wildman–Crippen MR) is 98.6 cm³/mol. The van der Waals surface area contributed by atoms with E-state index in [9.17, 15) is 9.90 Å². The Kier molecular flexibility index (Phi) is 3.66. The van der Waals surface area contributed by atoms with Crippen molar-refractivity contribution in [2.24, 2.45) is 17.3 Å². The van der Waals surface area contributed by atoms with Gasteiger partial charge in [0.15, 0.2) is 0 Å². The first-order chi connectivity index (χ1) is 12.7. The molecule has 2 N–H and O–H groups in total. The topological polar surface area (TPSA) is 65.6 Å². The molecule has 138 valence electrons. The Labute approximate surface area is 153 Å². The van der Waals surface area contributed by atoms with Crippen molar-refractivity contribution < 1.29 is 14.6 Å². The zero-order valence-electron chi connectivity index (χ0n) is 15.2. The van der Waals surface area contributed by atoms with Gasteiger partial charge in [-0.2, -0.15) is 0 Å². The van der Waals surface area contributed by atoms with Gasteiger partial charge in [-0.1, -0.05) is 18.2 Å². The van der Waals surface area contributed by atoms with E-state index in [0.29, 0.717) is 18.3 Å². The lowest BCUT2D eigenvalue weighted by molar-refractivity contribution is -0.176. The molecule has 3 aliphatic heterocycles. The lowest BCUT2D eigenvalue weighted by Gasteiger charge is -2.58. The molecule has 2 saturated heterocycles. The fourth-order valence-electron chi connectivity index (χ4n) is 6.33. The van der Waals surface area contributed by atoms with Gasteiger partial charge in [-0.15, -0.1) is 0 Å². The molecule has 1 aromatic carbocycles. The number of esters is 1. The van der Waals surface area contributed by atoms with E-state index >= 15 is 0 Å². The number of aliphatic hydroxyl groups excluding tert-OH is 1. The maximum Gasteiger partial charge on any atom is 0.313 e. The summed E-state index contributed by atoms with van der Waals surface area (Å²) in [7, 11) is 1.52. The molecule has 2 aromatic rings. The van der Waals surface area contributed by atoms with E-state index in [-0.39, 0.29) is 18.6 Å². The fourth-order valence-corrected chi connectivity index (χ4v) is 6.33. The number of para-hydroxylation sites is 1. The molecule has 1 saturated carbocycles. The van der Waals surface area contributed by atoms with E-state index in [4.69, 9.17) is 4.74 Å². The second-order valence-corrected chi connectivity index (χ2v) is 8.40. The highest BCUT2D eigenvalue weighted by molar-refractivity contribution is 5.86. The minimum Gasteiger partial charge on any atom is -0.469 e. The number of fused-ring (bicyclic) bond motifs is 4. The number of piperidine rings is 2. The standard InChI is InChI=1S/C21H26N2O3/c1-26-20(25)21-9-13-8-14(6-7-24)19(21)23(11-13)12-16-15-4-2-3-5-17(15)22-18(16)10-21/h2-5,13-14,19,22,24H,6-12H2,1H3/t13-,14-,19?,21+/m0/s1. The van der Waals surface area contributed by atoms with Crippen LogP contribution in [0.15, 0.2) is 24.3 Å². The van der Waals surface area contributed by atoms with Crippen LogP contribution in [0.2, 0.25) is 0 Å². The van der Waals surface area contributed by atoms with Crippen LogP contribution < -0.4 is 0 Å². The van der Waals surface area contributed by atoms with Crippen LogP contribution in [0.25, 0.3) is 10.9 Å². The molecule has 4 aliphatic rings. The summed E-state index contributed by atoms with van der Waals surface area (Å²) in [6.45, 7) is 2.11. The van der Waals surface area contributed by atoms with Crippen LogP contribution in [-0.4, -0.2) is 47.3 Å². The molecule has 3 fully saturated rings. The largest absolute Gasteiger partial charge is 0.469 e. The number of ether oxygens (including phenoxy) is 1. The maximum absolute atomic E-state index is 13.1. The SMILES string of the molecule is COC(=O)[C@]12Cc3[nH]c4ccccc4c3CN3C[C@@H](C[C@H](CCO)C31)C2. The molecular weight excluding hydrogens is 328 g/mol. The number of hydrogen-bond acceptors (Lipinski definition) is 4. The van der Waals surface area contributed by atoms with E-state index in [0.717, 1.165) is 37.9 Å². The van der Waals surface area contributed by atoms with Crippen molar-refractivity contribution >= 4 is 16.9 Å². The van der Waals surface area contributed by atoms with Gasteiger partial charge in [-0.25, -0.2) is 0 Å². The van der Waals surface area contributed by atoms with Crippen LogP contribution in [0.3, 0.4) is 0 Å². The van der Waals surface area contributed by atoms with Gasteiger partial charge in [0, 0.05) is 48.8 Å². The van der Waals surface area contributed by atoms with Crippen molar-refractivity contribution in [2.45, 2.75) is 38.3 Å². The predicted octanol–water partition coefficient (Wildman–Crippen LogP) is 2.48. The Morgan fingerprint density at radius 3 is 3.08 bits per heavy atom. The normalized spacial score (nSPS) is 35.2. The van der Waals surface area contributed by atoms with Crippen LogP contribution in [0.5, 0.6) is 0 Å². The Hall–Kier alpha value is -1.85. The van der Waals surface area contributed by atoms with Crippen molar-refractivity contribution in [2.75, 3.05) is 20.3 Å². The molecule has 4 bridgehead atoms. The van der Waals surface area contributed by atoms with Crippen LogP contribution >= 0.6 is 0 Å². The highest BCUT2D eigenvalue weighted by Gasteiger charge is 2.61. The number of benzene rings is 1.